The van der Waals surface area contributed by atoms with Crippen molar-refractivity contribution in [1.29, 1.82) is 0 Å². The van der Waals surface area contributed by atoms with E-state index in [1.54, 1.807) is 19.2 Å². The molecule has 1 N–H and O–H groups in total. The normalized spacial score (nSPS) is 20.4. The molecule has 1 aromatic rings. The Bertz CT molecular complexity index is 372. The van der Waals surface area contributed by atoms with E-state index in [-0.39, 0.29) is 5.78 Å². The van der Waals surface area contributed by atoms with Crippen LogP contribution < -0.4 is 10.1 Å². The van der Waals surface area contributed by atoms with Crippen LogP contribution in [0.3, 0.4) is 0 Å². The Morgan fingerprint density at radius 3 is 3.00 bits per heavy atom. The van der Waals surface area contributed by atoms with Gasteiger partial charge in [0.1, 0.15) is 11.9 Å². The van der Waals surface area contributed by atoms with Gasteiger partial charge < -0.3 is 14.8 Å². The number of benzene rings is 1. The van der Waals surface area contributed by atoms with E-state index in [9.17, 15) is 4.79 Å². The quantitative estimate of drug-likeness (QED) is 0.769. The molecule has 4 heteroatoms. The van der Waals surface area contributed by atoms with Crippen molar-refractivity contribution in [3.63, 3.8) is 0 Å². The molecule has 0 amide bonds. The number of nitrogens with one attached hydrogen (secondary N) is 1. The lowest BCUT2D eigenvalue weighted by Crippen LogP contribution is -2.43. The van der Waals surface area contributed by atoms with E-state index in [0.717, 1.165) is 6.54 Å². The van der Waals surface area contributed by atoms with Gasteiger partial charge in [-0.3, -0.25) is 4.79 Å². The van der Waals surface area contributed by atoms with Gasteiger partial charge in [-0.1, -0.05) is 12.1 Å². The van der Waals surface area contributed by atoms with E-state index < -0.39 is 6.10 Å². The SMILES string of the molecule is COc1ccccc1C(=O)C1CNCCO1. The summed E-state index contributed by atoms with van der Waals surface area (Å²) >= 11 is 0. The van der Waals surface area contributed by atoms with Gasteiger partial charge in [0, 0.05) is 13.1 Å². The number of rotatable bonds is 3. The van der Waals surface area contributed by atoms with E-state index in [0.29, 0.717) is 24.5 Å². The maximum atomic E-state index is 12.1. The second-order valence-electron chi connectivity index (χ2n) is 3.63. The molecule has 86 valence electrons. The van der Waals surface area contributed by atoms with Crippen molar-refractivity contribution in [3.05, 3.63) is 29.8 Å². The largest absolute Gasteiger partial charge is 0.496 e. The molecule has 0 aromatic heterocycles. The summed E-state index contributed by atoms with van der Waals surface area (Å²) in [5.41, 5.74) is 0.582. The Morgan fingerprint density at radius 2 is 2.31 bits per heavy atom. The third-order valence-electron chi connectivity index (χ3n) is 2.59. The number of Topliss-reactive ketones (excluding diaryl/α,β-unsaturated/α-hetero) is 1. The van der Waals surface area contributed by atoms with Crippen LogP contribution in [0, 0.1) is 0 Å². The highest BCUT2D eigenvalue weighted by atomic mass is 16.5. The molecular weight excluding hydrogens is 206 g/mol. The van der Waals surface area contributed by atoms with E-state index in [2.05, 4.69) is 5.32 Å². The Morgan fingerprint density at radius 1 is 1.50 bits per heavy atom. The maximum Gasteiger partial charge on any atom is 0.196 e. The first-order valence-corrected chi connectivity index (χ1v) is 5.32. The monoisotopic (exact) mass is 221 g/mol. The van der Waals surface area contributed by atoms with Crippen molar-refractivity contribution in [1.82, 2.24) is 5.32 Å². The minimum Gasteiger partial charge on any atom is -0.496 e. The number of methoxy groups -OCH3 is 1. The van der Waals surface area contributed by atoms with Gasteiger partial charge in [-0.25, -0.2) is 0 Å². The lowest BCUT2D eigenvalue weighted by atomic mass is 10.0. The second kappa shape index (κ2) is 5.09. The number of ether oxygens (including phenoxy) is 2. The molecule has 1 aliphatic rings. The average Bonchev–Trinajstić information content (AvgIpc) is 2.39. The fraction of sp³-hybridized carbons (Fsp3) is 0.417. The molecular formula is C12H15NO3. The second-order valence-corrected chi connectivity index (χ2v) is 3.63. The molecule has 1 fully saturated rings. The first kappa shape index (κ1) is 11.1. The third-order valence-corrected chi connectivity index (χ3v) is 2.59. The minimum absolute atomic E-state index is 0.0235. The van der Waals surface area contributed by atoms with Gasteiger partial charge in [0.15, 0.2) is 5.78 Å². The van der Waals surface area contributed by atoms with Crippen LogP contribution in [0.15, 0.2) is 24.3 Å². The first-order chi connectivity index (χ1) is 7.83. The summed E-state index contributed by atoms with van der Waals surface area (Å²) in [5.74, 6) is 0.575. The number of morpholine rings is 1. The fourth-order valence-corrected chi connectivity index (χ4v) is 1.76. The van der Waals surface area contributed by atoms with Crippen molar-refractivity contribution in [3.8, 4) is 5.75 Å². The van der Waals surface area contributed by atoms with Gasteiger partial charge in [-0.05, 0) is 12.1 Å². The van der Waals surface area contributed by atoms with Gasteiger partial charge in [0.05, 0.1) is 19.3 Å². The van der Waals surface area contributed by atoms with Gasteiger partial charge in [0.2, 0.25) is 0 Å². The van der Waals surface area contributed by atoms with Crippen molar-refractivity contribution in [2.75, 3.05) is 26.8 Å². The number of carbonyl (C=O) groups excluding carboxylic acids is 1. The van der Waals surface area contributed by atoms with Gasteiger partial charge in [0.25, 0.3) is 0 Å². The Kier molecular flexibility index (Phi) is 3.54. The predicted molar refractivity (Wildman–Crippen MR) is 59.9 cm³/mol. The van der Waals surface area contributed by atoms with E-state index in [1.165, 1.54) is 0 Å². The number of hydrogen-bond acceptors (Lipinski definition) is 4. The zero-order chi connectivity index (χ0) is 11.4. The smallest absolute Gasteiger partial charge is 0.196 e. The van der Waals surface area contributed by atoms with Gasteiger partial charge in [-0.2, -0.15) is 0 Å². The molecule has 1 unspecified atom stereocenters. The Labute approximate surface area is 94.6 Å². The predicted octanol–water partition coefficient (Wildman–Crippen LogP) is 0.866. The van der Waals surface area contributed by atoms with Crippen LogP contribution in [-0.2, 0) is 4.74 Å². The molecule has 0 aliphatic carbocycles. The molecule has 1 atom stereocenters. The number of para-hydroxylation sites is 1. The van der Waals surface area contributed by atoms with Crippen molar-refractivity contribution in [2.45, 2.75) is 6.10 Å². The Hall–Kier alpha value is -1.39. The topological polar surface area (TPSA) is 47.6 Å². The van der Waals surface area contributed by atoms with Crippen LogP contribution in [0.2, 0.25) is 0 Å². The molecule has 0 bridgehead atoms. The van der Waals surface area contributed by atoms with E-state index in [4.69, 9.17) is 9.47 Å². The summed E-state index contributed by atoms with van der Waals surface area (Å²) in [6.07, 6.45) is -0.398. The molecule has 2 rings (SSSR count). The number of carbonyl (C=O) groups is 1. The molecule has 1 saturated heterocycles. The molecule has 16 heavy (non-hydrogen) atoms. The van der Waals surface area contributed by atoms with Crippen LogP contribution in [0.1, 0.15) is 10.4 Å². The van der Waals surface area contributed by atoms with Crippen LogP contribution in [0.4, 0.5) is 0 Å². The average molecular weight is 221 g/mol. The summed E-state index contributed by atoms with van der Waals surface area (Å²) in [4.78, 5) is 12.1. The summed E-state index contributed by atoms with van der Waals surface area (Å²) in [5, 5.41) is 3.14. The number of ketones is 1. The van der Waals surface area contributed by atoms with Crippen LogP contribution in [-0.4, -0.2) is 38.7 Å². The van der Waals surface area contributed by atoms with Crippen LogP contribution >= 0.6 is 0 Å². The zero-order valence-corrected chi connectivity index (χ0v) is 9.23. The molecule has 1 aromatic carbocycles. The fourth-order valence-electron chi connectivity index (χ4n) is 1.76. The zero-order valence-electron chi connectivity index (χ0n) is 9.23. The maximum absolute atomic E-state index is 12.1. The molecule has 0 saturated carbocycles. The van der Waals surface area contributed by atoms with Gasteiger partial charge in [-0.15, -0.1) is 0 Å². The summed E-state index contributed by atoms with van der Waals surface area (Å²) in [7, 11) is 1.56. The highest BCUT2D eigenvalue weighted by Crippen LogP contribution is 2.20. The van der Waals surface area contributed by atoms with E-state index >= 15 is 0 Å². The molecule has 0 spiro atoms. The van der Waals surface area contributed by atoms with Crippen molar-refractivity contribution in [2.24, 2.45) is 0 Å². The summed E-state index contributed by atoms with van der Waals surface area (Å²) in [6, 6.07) is 7.21. The van der Waals surface area contributed by atoms with Gasteiger partial charge >= 0.3 is 0 Å². The molecule has 1 heterocycles. The van der Waals surface area contributed by atoms with Crippen molar-refractivity contribution < 1.29 is 14.3 Å². The summed E-state index contributed by atoms with van der Waals surface area (Å²) < 4.78 is 10.6. The standard InChI is InChI=1S/C12H15NO3/c1-15-10-5-3-2-4-9(10)12(14)11-8-13-6-7-16-11/h2-5,11,13H,6-8H2,1H3. The lowest BCUT2D eigenvalue weighted by molar-refractivity contribution is 0.0267. The lowest BCUT2D eigenvalue weighted by Gasteiger charge is -2.23. The van der Waals surface area contributed by atoms with E-state index in [1.807, 2.05) is 12.1 Å². The first-order valence-electron chi connectivity index (χ1n) is 5.32. The highest BCUT2D eigenvalue weighted by Gasteiger charge is 2.25. The third kappa shape index (κ3) is 2.23. The van der Waals surface area contributed by atoms with Crippen molar-refractivity contribution >= 4 is 5.78 Å². The van der Waals surface area contributed by atoms with Crippen LogP contribution in [0.5, 0.6) is 5.75 Å². The molecule has 0 radical (unpaired) electrons. The van der Waals surface area contributed by atoms with Crippen LogP contribution in [0.25, 0.3) is 0 Å². The minimum atomic E-state index is -0.398. The molecule has 1 aliphatic heterocycles. The molecule has 4 nitrogen and oxygen atoms in total. The highest BCUT2D eigenvalue weighted by molar-refractivity contribution is 6.02. The number of hydrogen-bond donors (Lipinski definition) is 1. The Balaban J connectivity index is 2.19. The summed E-state index contributed by atoms with van der Waals surface area (Å²) in [6.45, 7) is 1.94.